The highest BCUT2D eigenvalue weighted by atomic mass is 32.2. The number of para-hydroxylation sites is 1. The molecule has 4 aromatic rings. The minimum atomic E-state index is -0.0986. The van der Waals surface area contributed by atoms with Crippen LogP contribution >= 0.6 is 23.1 Å². The van der Waals surface area contributed by atoms with E-state index >= 15 is 0 Å². The average molecular weight is 500 g/mol. The fourth-order valence-electron chi connectivity index (χ4n) is 3.55. The molecular formula is C24H25N3O5S2. The van der Waals surface area contributed by atoms with Crippen LogP contribution in [0.4, 0.5) is 5.69 Å². The molecule has 0 unspecified atom stereocenters. The molecule has 2 aromatic heterocycles. The number of rotatable bonds is 9. The van der Waals surface area contributed by atoms with Gasteiger partial charge in [0.05, 0.1) is 55.2 Å². The van der Waals surface area contributed by atoms with Crippen LogP contribution in [0.2, 0.25) is 0 Å². The summed E-state index contributed by atoms with van der Waals surface area (Å²) in [6, 6.07) is 11.5. The number of carbonyl (C=O) groups excluding carboxylic acids is 1. The van der Waals surface area contributed by atoms with E-state index in [2.05, 4.69) is 10.1 Å². The molecule has 4 rings (SSSR count). The van der Waals surface area contributed by atoms with Crippen molar-refractivity contribution >= 4 is 44.9 Å². The van der Waals surface area contributed by atoms with E-state index in [4.69, 9.17) is 18.7 Å². The molecule has 0 N–H and O–H groups in total. The van der Waals surface area contributed by atoms with Gasteiger partial charge in [-0.2, -0.15) is 0 Å². The number of nitrogens with zero attached hydrogens (tertiary/aromatic N) is 3. The Kier molecular flexibility index (Phi) is 7.28. The molecule has 0 atom stereocenters. The lowest BCUT2D eigenvalue weighted by atomic mass is 10.1. The maximum Gasteiger partial charge on any atom is 0.237 e. The smallest absolute Gasteiger partial charge is 0.237 e. The third-order valence-corrected chi connectivity index (χ3v) is 7.52. The van der Waals surface area contributed by atoms with Crippen LogP contribution in [0.3, 0.4) is 0 Å². The van der Waals surface area contributed by atoms with Crippen LogP contribution in [-0.2, 0) is 11.3 Å². The number of methoxy groups -OCH3 is 3. The zero-order chi connectivity index (χ0) is 24.2. The van der Waals surface area contributed by atoms with Gasteiger partial charge in [-0.15, -0.1) is 11.3 Å². The number of thiazole rings is 1. The van der Waals surface area contributed by atoms with E-state index < -0.39 is 0 Å². The molecule has 0 bridgehead atoms. The van der Waals surface area contributed by atoms with Crippen molar-refractivity contribution in [3.63, 3.8) is 0 Å². The largest absolute Gasteiger partial charge is 0.493 e. The fraction of sp³-hybridized carbons (Fsp3) is 0.292. The minimum absolute atomic E-state index is 0.0986. The molecule has 0 aliphatic carbocycles. The van der Waals surface area contributed by atoms with E-state index in [0.29, 0.717) is 35.2 Å². The summed E-state index contributed by atoms with van der Waals surface area (Å²) >= 11 is 2.99. The first-order valence-corrected chi connectivity index (χ1v) is 12.3. The number of ether oxygens (including phenoxy) is 3. The number of aromatic nitrogens is 2. The van der Waals surface area contributed by atoms with Crippen LogP contribution in [-0.4, -0.2) is 43.1 Å². The molecule has 0 saturated heterocycles. The second-order valence-corrected chi connectivity index (χ2v) is 9.66. The van der Waals surface area contributed by atoms with Crippen molar-refractivity contribution in [3.8, 4) is 17.2 Å². The standard InChI is InChI=1S/C24H25N3O5S2/c1-14-17(15(2)32-26-14)12-27(16-10-19(29-3)23(31-5)20(11-16)30-4)22(28)13-33-24-25-18-8-6-7-9-21(18)34-24/h6-11H,12-13H2,1-5H3. The normalized spacial score (nSPS) is 11.0. The van der Waals surface area contributed by atoms with Crippen LogP contribution in [0.5, 0.6) is 17.2 Å². The number of hydrogen-bond acceptors (Lipinski definition) is 9. The summed E-state index contributed by atoms with van der Waals surface area (Å²) in [5.41, 5.74) is 3.14. The minimum Gasteiger partial charge on any atom is -0.493 e. The number of thioether (sulfide) groups is 1. The molecule has 1 amide bonds. The first kappa shape index (κ1) is 23.9. The third-order valence-electron chi connectivity index (χ3n) is 5.35. The van der Waals surface area contributed by atoms with Gasteiger partial charge in [-0.1, -0.05) is 29.1 Å². The second kappa shape index (κ2) is 10.4. The van der Waals surface area contributed by atoms with Crippen LogP contribution in [0, 0.1) is 13.8 Å². The Morgan fingerprint density at radius 3 is 2.38 bits per heavy atom. The third kappa shape index (κ3) is 4.83. The van der Waals surface area contributed by atoms with Crippen molar-refractivity contribution in [1.82, 2.24) is 10.1 Å². The molecule has 10 heteroatoms. The van der Waals surface area contributed by atoms with Crippen molar-refractivity contribution in [1.29, 1.82) is 0 Å². The summed E-state index contributed by atoms with van der Waals surface area (Å²) < 4.78 is 23.7. The topological polar surface area (TPSA) is 86.9 Å². The lowest BCUT2D eigenvalue weighted by Crippen LogP contribution is -2.32. The predicted molar refractivity (Wildman–Crippen MR) is 134 cm³/mol. The lowest BCUT2D eigenvalue weighted by molar-refractivity contribution is -0.116. The van der Waals surface area contributed by atoms with Gasteiger partial charge in [-0.25, -0.2) is 4.98 Å². The van der Waals surface area contributed by atoms with E-state index in [0.717, 1.165) is 25.8 Å². The van der Waals surface area contributed by atoms with Gasteiger partial charge < -0.3 is 23.6 Å². The average Bonchev–Trinajstić information content (AvgIpc) is 3.42. The van der Waals surface area contributed by atoms with Gasteiger partial charge in [0.25, 0.3) is 0 Å². The van der Waals surface area contributed by atoms with Gasteiger partial charge >= 0.3 is 0 Å². The van der Waals surface area contributed by atoms with E-state index in [1.165, 1.54) is 11.8 Å². The second-order valence-electron chi connectivity index (χ2n) is 7.40. The molecule has 0 radical (unpaired) electrons. The summed E-state index contributed by atoms with van der Waals surface area (Å²) in [4.78, 5) is 19.9. The number of carbonyl (C=O) groups is 1. The molecule has 0 saturated carbocycles. The van der Waals surface area contributed by atoms with Gasteiger partial charge in [0.1, 0.15) is 5.76 Å². The SMILES string of the molecule is COc1cc(N(Cc2c(C)noc2C)C(=O)CSc2nc3ccccc3s2)cc(OC)c1OC. The monoisotopic (exact) mass is 499 g/mol. The van der Waals surface area contributed by atoms with Crippen LogP contribution in [0.1, 0.15) is 17.0 Å². The molecule has 0 aliphatic heterocycles. The molecule has 178 valence electrons. The van der Waals surface area contributed by atoms with Gasteiger partial charge in [0.15, 0.2) is 15.8 Å². The Labute approximate surface area is 205 Å². The van der Waals surface area contributed by atoms with E-state index in [9.17, 15) is 4.79 Å². The summed E-state index contributed by atoms with van der Waals surface area (Å²) in [5, 5.41) is 4.04. The molecule has 2 aromatic carbocycles. The van der Waals surface area contributed by atoms with Crippen molar-refractivity contribution in [2.24, 2.45) is 0 Å². The van der Waals surface area contributed by atoms with Crippen molar-refractivity contribution < 1.29 is 23.5 Å². The summed E-state index contributed by atoms with van der Waals surface area (Å²) in [5.74, 6) is 2.17. The maximum atomic E-state index is 13.6. The zero-order valence-electron chi connectivity index (χ0n) is 19.6. The van der Waals surface area contributed by atoms with Crippen LogP contribution < -0.4 is 19.1 Å². The highest BCUT2D eigenvalue weighted by Gasteiger charge is 2.24. The summed E-state index contributed by atoms with van der Waals surface area (Å²) in [7, 11) is 4.64. The van der Waals surface area contributed by atoms with Gasteiger partial charge in [-0.3, -0.25) is 4.79 Å². The molecule has 0 fully saturated rings. The summed E-state index contributed by atoms with van der Waals surface area (Å²) in [6.07, 6.45) is 0. The first-order chi connectivity index (χ1) is 16.4. The first-order valence-electron chi connectivity index (χ1n) is 10.5. The van der Waals surface area contributed by atoms with Crippen LogP contribution in [0.15, 0.2) is 45.3 Å². The number of fused-ring (bicyclic) bond motifs is 1. The fourth-order valence-corrected chi connectivity index (χ4v) is 5.49. The number of benzene rings is 2. The number of amides is 1. The number of hydrogen-bond donors (Lipinski definition) is 0. The van der Waals surface area contributed by atoms with Crippen LogP contribution in [0.25, 0.3) is 10.2 Å². The molecule has 0 aliphatic rings. The van der Waals surface area contributed by atoms with Crippen molar-refractivity contribution in [2.75, 3.05) is 32.0 Å². The Morgan fingerprint density at radius 1 is 1.09 bits per heavy atom. The quantitative estimate of drug-likeness (QED) is 0.289. The van der Waals surface area contributed by atoms with Crippen molar-refractivity contribution in [3.05, 3.63) is 53.4 Å². The Morgan fingerprint density at radius 2 is 1.79 bits per heavy atom. The van der Waals surface area contributed by atoms with Crippen molar-refractivity contribution in [2.45, 2.75) is 24.7 Å². The molecule has 34 heavy (non-hydrogen) atoms. The molecule has 8 nitrogen and oxygen atoms in total. The Bertz CT molecular complexity index is 1240. The Hall–Kier alpha value is -3.24. The lowest BCUT2D eigenvalue weighted by Gasteiger charge is -2.24. The van der Waals surface area contributed by atoms with Gasteiger partial charge in [-0.05, 0) is 26.0 Å². The molecular weight excluding hydrogens is 474 g/mol. The molecule has 2 heterocycles. The van der Waals surface area contributed by atoms with E-state index in [1.807, 2.05) is 38.1 Å². The maximum absolute atomic E-state index is 13.6. The van der Waals surface area contributed by atoms with Gasteiger partial charge in [0.2, 0.25) is 11.7 Å². The predicted octanol–water partition coefficient (Wildman–Crippen LogP) is 5.25. The number of aryl methyl sites for hydroxylation is 2. The highest BCUT2D eigenvalue weighted by molar-refractivity contribution is 8.01. The van der Waals surface area contributed by atoms with E-state index in [-0.39, 0.29) is 11.7 Å². The molecule has 0 spiro atoms. The Balaban J connectivity index is 1.67. The van der Waals surface area contributed by atoms with E-state index in [1.54, 1.807) is 49.7 Å². The number of anilines is 1. The highest BCUT2D eigenvalue weighted by Crippen LogP contribution is 2.42. The zero-order valence-corrected chi connectivity index (χ0v) is 21.2. The van der Waals surface area contributed by atoms with Gasteiger partial charge in [0, 0.05) is 17.7 Å². The summed E-state index contributed by atoms with van der Waals surface area (Å²) in [6.45, 7) is 3.99.